The van der Waals surface area contributed by atoms with Crippen molar-refractivity contribution in [2.24, 2.45) is 0 Å². The maximum absolute atomic E-state index is 0. The van der Waals surface area contributed by atoms with Crippen LogP contribution in [-0.2, 0) is 19.5 Å². The van der Waals surface area contributed by atoms with E-state index in [1.807, 2.05) is 0 Å². The van der Waals surface area contributed by atoms with Gasteiger partial charge in [0.25, 0.3) is 0 Å². The summed E-state index contributed by atoms with van der Waals surface area (Å²) < 4.78 is 0. The smallest absolute Gasteiger partial charge is 1.00 e. The fourth-order valence-corrected chi connectivity index (χ4v) is 0. The maximum Gasteiger partial charge on any atom is 2.00 e. The topological polar surface area (TPSA) is 0 Å². The van der Waals surface area contributed by atoms with Gasteiger partial charge >= 0.3 is 112 Å². The standard InChI is InChI=1S/B.Ca.K.Mg.Zn.5H/q;+2;+1;+2;;5*-1. The SMILES string of the molecule is [B].[Ca+2].[H-].[H-].[H-].[H-].[H-].[K+].[Mg+2].[Zn]. The minimum absolute atomic E-state index is 0. The summed E-state index contributed by atoms with van der Waals surface area (Å²) in [7, 11) is 0. The average Bonchev–Trinajstić information content (AvgIpc) is 0. The zero-order valence-corrected chi connectivity index (χ0v) is 13.4. The molecular formula is H5BCaKMgZn. The molecule has 0 unspecified atom stereocenters. The van der Waals surface area contributed by atoms with Crippen LogP contribution in [0.4, 0.5) is 0 Å². The van der Waals surface area contributed by atoms with Crippen molar-refractivity contribution in [2.45, 2.75) is 0 Å². The summed E-state index contributed by atoms with van der Waals surface area (Å²) in [5.74, 6) is 0. The summed E-state index contributed by atoms with van der Waals surface area (Å²) in [5, 5.41) is 0. The monoisotopic (exact) mass is 183 g/mol. The van der Waals surface area contributed by atoms with Crippen LogP contribution >= 0.6 is 0 Å². The van der Waals surface area contributed by atoms with Gasteiger partial charge in [-0.2, -0.15) is 0 Å². The van der Waals surface area contributed by atoms with E-state index in [9.17, 15) is 0 Å². The van der Waals surface area contributed by atoms with Gasteiger partial charge < -0.3 is 7.13 Å². The van der Waals surface area contributed by atoms with E-state index in [2.05, 4.69) is 0 Å². The van der Waals surface area contributed by atoms with Crippen LogP contribution in [-0.4, -0.2) is 69.2 Å². The molecule has 0 rings (SSSR count). The predicted molar refractivity (Wildman–Crippen MR) is 22.8 cm³/mol. The second-order valence-corrected chi connectivity index (χ2v) is 0. The molecule has 0 atom stereocenters. The van der Waals surface area contributed by atoms with Gasteiger partial charge in [0.05, 0.1) is 0 Å². The molecule has 0 aliphatic carbocycles. The molecule has 0 N–H and O–H groups in total. The molecule has 0 aromatic heterocycles. The Kier molecular flexibility index (Phi) is 164. The van der Waals surface area contributed by atoms with E-state index in [-0.39, 0.29) is 147 Å². The molecule has 0 aliphatic rings. The molecule has 0 heterocycles. The Hall–Kier alpha value is 4.35. The van der Waals surface area contributed by atoms with E-state index in [0.717, 1.165) is 0 Å². The molecule has 0 spiro atoms. The van der Waals surface area contributed by atoms with Crippen molar-refractivity contribution in [3.05, 3.63) is 0 Å². The maximum atomic E-state index is 0. The van der Waals surface area contributed by atoms with Crippen LogP contribution in [0, 0.1) is 0 Å². The van der Waals surface area contributed by atoms with Gasteiger partial charge in [0.1, 0.15) is 0 Å². The van der Waals surface area contributed by atoms with Gasteiger partial charge in [-0.1, -0.05) is 0 Å². The van der Waals surface area contributed by atoms with Crippen molar-refractivity contribution in [2.75, 3.05) is 0 Å². The van der Waals surface area contributed by atoms with Crippen LogP contribution < -0.4 is 51.4 Å². The van der Waals surface area contributed by atoms with Gasteiger partial charge in [-0.25, -0.2) is 0 Å². The Morgan fingerprint density at radius 1 is 1.20 bits per heavy atom. The van der Waals surface area contributed by atoms with Gasteiger partial charge in [-0.3, -0.25) is 0 Å². The Morgan fingerprint density at radius 2 is 1.20 bits per heavy atom. The van der Waals surface area contributed by atoms with Crippen molar-refractivity contribution < 1.29 is 78.0 Å². The Labute approximate surface area is 143 Å². The minimum Gasteiger partial charge on any atom is -1.00 e. The molecule has 0 saturated heterocycles. The molecule has 0 amide bonds. The fourth-order valence-electron chi connectivity index (χ4n) is 0. The molecule has 0 aliphatic heterocycles. The number of rotatable bonds is 0. The first kappa shape index (κ1) is 34.4. The summed E-state index contributed by atoms with van der Waals surface area (Å²) >= 11 is 0. The quantitative estimate of drug-likeness (QED) is 0.342. The Bertz CT molecular complexity index is 21.6. The van der Waals surface area contributed by atoms with Crippen LogP contribution in [0.25, 0.3) is 0 Å². The molecule has 0 aromatic rings. The average molecular weight is 185 g/mol. The van der Waals surface area contributed by atoms with Gasteiger partial charge in [0.15, 0.2) is 0 Å². The van der Waals surface area contributed by atoms with Crippen LogP contribution in [0.3, 0.4) is 0 Å². The molecule has 0 fully saturated rings. The molecule has 5 heteroatoms. The van der Waals surface area contributed by atoms with Crippen molar-refractivity contribution in [3.8, 4) is 0 Å². The molecule has 0 nitrogen and oxygen atoms in total. The third-order valence-corrected chi connectivity index (χ3v) is 0. The Morgan fingerprint density at radius 3 is 1.20 bits per heavy atom. The fraction of sp³-hybridized carbons (Fsp3) is 0. The van der Waals surface area contributed by atoms with Crippen molar-refractivity contribution in [3.63, 3.8) is 0 Å². The van der Waals surface area contributed by atoms with Gasteiger partial charge in [0.2, 0.25) is 0 Å². The van der Waals surface area contributed by atoms with Gasteiger partial charge in [-0.15, -0.1) is 0 Å². The number of hydrogen-bond donors (Lipinski definition) is 0. The predicted octanol–water partition coefficient (Wildman–Crippen LogP) is -3.58. The summed E-state index contributed by atoms with van der Waals surface area (Å²) in [6, 6.07) is 0. The normalized spacial score (nSPS) is 0. The van der Waals surface area contributed by atoms with Crippen LogP contribution in [0.15, 0.2) is 0 Å². The minimum atomic E-state index is 0. The third kappa shape index (κ3) is 17.8. The number of hydrogen-bond acceptors (Lipinski definition) is 0. The first-order valence-corrected chi connectivity index (χ1v) is 0. The summed E-state index contributed by atoms with van der Waals surface area (Å²) in [6.07, 6.45) is 0. The van der Waals surface area contributed by atoms with Crippen LogP contribution in [0.5, 0.6) is 0 Å². The van der Waals surface area contributed by atoms with E-state index >= 15 is 0 Å². The van der Waals surface area contributed by atoms with E-state index in [4.69, 9.17) is 0 Å². The van der Waals surface area contributed by atoms with E-state index in [0.29, 0.717) is 0 Å². The zero-order chi connectivity index (χ0) is 0. The first-order valence-electron chi connectivity index (χ1n) is 0. The molecule has 0 aromatic carbocycles. The van der Waals surface area contributed by atoms with E-state index in [1.165, 1.54) is 0 Å². The first-order chi connectivity index (χ1) is 0. The second kappa shape index (κ2) is 23.8. The molecular weight excluding hydrogens is 180 g/mol. The molecule has 0 bridgehead atoms. The van der Waals surface area contributed by atoms with E-state index < -0.39 is 0 Å². The van der Waals surface area contributed by atoms with Crippen molar-refractivity contribution in [1.82, 2.24) is 0 Å². The van der Waals surface area contributed by atoms with Gasteiger partial charge in [-0.05, 0) is 0 Å². The van der Waals surface area contributed by atoms with Gasteiger partial charge in [0, 0.05) is 27.9 Å². The van der Waals surface area contributed by atoms with Crippen LogP contribution in [0.2, 0.25) is 0 Å². The molecule has 3 radical (unpaired) electrons. The summed E-state index contributed by atoms with van der Waals surface area (Å²) in [4.78, 5) is 0. The van der Waals surface area contributed by atoms with Crippen molar-refractivity contribution in [1.29, 1.82) is 0 Å². The molecule has 5 heavy (non-hydrogen) atoms. The second-order valence-electron chi connectivity index (χ2n) is 0. The zero-order valence-electron chi connectivity index (χ0n) is 8.70. The summed E-state index contributed by atoms with van der Waals surface area (Å²) in [5.41, 5.74) is 0. The summed E-state index contributed by atoms with van der Waals surface area (Å²) in [6.45, 7) is 0. The third-order valence-electron chi connectivity index (χ3n) is 0. The van der Waals surface area contributed by atoms with E-state index in [1.54, 1.807) is 0 Å². The Balaban J connectivity index is 0. The largest absolute Gasteiger partial charge is 2.00 e. The van der Waals surface area contributed by atoms with Crippen LogP contribution in [0.1, 0.15) is 7.13 Å². The molecule has 15 valence electrons. The van der Waals surface area contributed by atoms with Crippen molar-refractivity contribution >= 4 is 69.2 Å². The molecule has 0 saturated carbocycles.